The number of nitrogens with one attached hydrogen (secondary N) is 1. The zero-order valence-electron chi connectivity index (χ0n) is 11.3. The van der Waals surface area contributed by atoms with Gasteiger partial charge in [0.15, 0.2) is 0 Å². The topological polar surface area (TPSA) is 46.9 Å². The third-order valence-electron chi connectivity index (χ3n) is 3.14. The van der Waals surface area contributed by atoms with Gasteiger partial charge in [0, 0.05) is 18.8 Å². The van der Waals surface area contributed by atoms with Crippen molar-refractivity contribution in [3.8, 4) is 0 Å². The molecule has 1 atom stereocenters. The molecule has 1 aromatic carbocycles. The van der Waals surface area contributed by atoms with Crippen molar-refractivity contribution in [1.29, 1.82) is 0 Å². The summed E-state index contributed by atoms with van der Waals surface area (Å²) < 4.78 is 39.6. The minimum atomic E-state index is -4.39. The molecule has 112 valence electrons. The molecular weight excluding hydrogens is 283 g/mol. The molecule has 0 aliphatic rings. The summed E-state index contributed by atoms with van der Waals surface area (Å²) >= 11 is 0. The van der Waals surface area contributed by atoms with Crippen LogP contribution in [0.3, 0.4) is 0 Å². The molecule has 2 rings (SSSR count). The van der Waals surface area contributed by atoms with Gasteiger partial charge in [-0.15, -0.1) is 0 Å². The Balaban J connectivity index is 2.30. The second-order valence-corrected chi connectivity index (χ2v) is 4.54. The molecule has 2 aromatic rings. The van der Waals surface area contributed by atoms with Crippen LogP contribution in [-0.4, -0.2) is 16.6 Å². The summed E-state index contributed by atoms with van der Waals surface area (Å²) in [6.45, 7) is 0.199. The highest BCUT2D eigenvalue weighted by atomic mass is 19.4. The number of benzene rings is 1. The smallest absolute Gasteiger partial charge is 0.312 e. The van der Waals surface area contributed by atoms with Gasteiger partial charge in [0.25, 0.3) is 5.56 Å². The lowest BCUT2D eigenvalue weighted by molar-refractivity contribution is -0.137. The Bertz CT molecular complexity index is 667. The Labute approximate surface area is 119 Å². The molecule has 1 N–H and O–H groups in total. The molecule has 0 amide bonds. The largest absolute Gasteiger partial charge is 0.416 e. The van der Waals surface area contributed by atoms with Gasteiger partial charge in [-0.05, 0) is 24.7 Å². The average molecular weight is 297 g/mol. The molecule has 7 heteroatoms. The first-order valence-electron chi connectivity index (χ1n) is 6.26. The Hall–Kier alpha value is -2.15. The fraction of sp³-hybridized carbons (Fsp3) is 0.286. The predicted molar refractivity (Wildman–Crippen MR) is 71.7 cm³/mol. The van der Waals surface area contributed by atoms with Crippen molar-refractivity contribution < 1.29 is 13.2 Å². The van der Waals surface area contributed by atoms with Gasteiger partial charge in [0.2, 0.25) is 0 Å². The molecule has 0 bridgehead atoms. The Morgan fingerprint density at radius 3 is 2.71 bits per heavy atom. The number of rotatable bonds is 4. The number of nitrogens with zero attached hydrogens (tertiary/aromatic N) is 2. The van der Waals surface area contributed by atoms with E-state index in [0.29, 0.717) is 5.56 Å². The van der Waals surface area contributed by atoms with Gasteiger partial charge in [-0.3, -0.25) is 9.36 Å². The maximum atomic E-state index is 12.7. The van der Waals surface area contributed by atoms with Gasteiger partial charge in [-0.1, -0.05) is 12.1 Å². The number of alkyl halides is 3. The lowest BCUT2D eigenvalue weighted by atomic mass is 10.0. The van der Waals surface area contributed by atoms with Crippen LogP contribution in [0.1, 0.15) is 17.2 Å². The van der Waals surface area contributed by atoms with Crippen LogP contribution in [0, 0.1) is 0 Å². The van der Waals surface area contributed by atoms with Gasteiger partial charge in [-0.2, -0.15) is 13.2 Å². The monoisotopic (exact) mass is 297 g/mol. The molecule has 0 aliphatic carbocycles. The highest BCUT2D eigenvalue weighted by Crippen LogP contribution is 2.30. The van der Waals surface area contributed by atoms with Crippen molar-refractivity contribution >= 4 is 0 Å². The van der Waals surface area contributed by atoms with Crippen LogP contribution >= 0.6 is 0 Å². The highest BCUT2D eigenvalue weighted by Gasteiger charge is 2.30. The molecule has 4 nitrogen and oxygen atoms in total. The Kier molecular flexibility index (Phi) is 4.42. The molecule has 0 spiro atoms. The molecule has 0 aliphatic heterocycles. The number of aromatic nitrogens is 2. The van der Waals surface area contributed by atoms with Crippen LogP contribution in [-0.2, 0) is 12.7 Å². The van der Waals surface area contributed by atoms with Crippen molar-refractivity contribution in [2.45, 2.75) is 18.8 Å². The first-order chi connectivity index (χ1) is 9.91. The van der Waals surface area contributed by atoms with E-state index in [4.69, 9.17) is 0 Å². The first kappa shape index (κ1) is 15.2. The second-order valence-electron chi connectivity index (χ2n) is 4.54. The van der Waals surface area contributed by atoms with E-state index in [2.05, 4.69) is 10.3 Å². The van der Waals surface area contributed by atoms with Gasteiger partial charge < -0.3 is 5.32 Å². The molecule has 0 saturated heterocycles. The standard InChI is InChI=1S/C14H14F3N3O/c1-18-12(8-20-9-19-6-5-13(20)21)10-3-2-4-11(7-10)14(15,16)17/h2-7,9,12,18H,8H2,1H3. The van der Waals surface area contributed by atoms with E-state index in [1.54, 1.807) is 13.1 Å². The van der Waals surface area contributed by atoms with E-state index < -0.39 is 17.8 Å². The average Bonchev–Trinajstić information content (AvgIpc) is 2.46. The van der Waals surface area contributed by atoms with E-state index in [-0.39, 0.29) is 12.1 Å². The zero-order chi connectivity index (χ0) is 15.5. The minimum Gasteiger partial charge on any atom is -0.312 e. The van der Waals surface area contributed by atoms with Crippen molar-refractivity contribution in [2.24, 2.45) is 0 Å². The summed E-state index contributed by atoms with van der Waals surface area (Å²) in [5.74, 6) is 0. The minimum absolute atomic E-state index is 0.199. The molecule has 0 radical (unpaired) electrons. The maximum absolute atomic E-state index is 12.7. The fourth-order valence-electron chi connectivity index (χ4n) is 2.01. The summed E-state index contributed by atoms with van der Waals surface area (Å²) in [4.78, 5) is 15.5. The summed E-state index contributed by atoms with van der Waals surface area (Å²) in [6, 6.07) is 5.94. The molecule has 1 unspecified atom stereocenters. The number of hydrogen-bond donors (Lipinski definition) is 1. The molecule has 0 saturated carbocycles. The van der Waals surface area contributed by atoms with Crippen LogP contribution in [0.15, 0.2) is 47.7 Å². The van der Waals surface area contributed by atoms with E-state index >= 15 is 0 Å². The number of halogens is 3. The molecule has 1 aromatic heterocycles. The van der Waals surface area contributed by atoms with Gasteiger partial charge in [-0.25, -0.2) is 4.98 Å². The SMILES string of the molecule is CNC(Cn1cnccc1=O)c1cccc(C(F)(F)F)c1. The fourth-order valence-corrected chi connectivity index (χ4v) is 2.01. The van der Waals surface area contributed by atoms with E-state index in [0.717, 1.165) is 12.1 Å². The van der Waals surface area contributed by atoms with E-state index in [9.17, 15) is 18.0 Å². The van der Waals surface area contributed by atoms with Crippen molar-refractivity contribution in [3.63, 3.8) is 0 Å². The summed E-state index contributed by atoms with van der Waals surface area (Å²) in [5.41, 5.74) is -0.501. The third kappa shape index (κ3) is 3.69. The van der Waals surface area contributed by atoms with Gasteiger partial charge in [0.1, 0.15) is 0 Å². The van der Waals surface area contributed by atoms with E-state index in [1.165, 1.54) is 29.2 Å². The van der Waals surface area contributed by atoms with Gasteiger partial charge >= 0.3 is 6.18 Å². The Morgan fingerprint density at radius 2 is 2.10 bits per heavy atom. The molecule has 21 heavy (non-hydrogen) atoms. The van der Waals surface area contributed by atoms with Crippen molar-refractivity contribution in [3.05, 3.63) is 64.3 Å². The summed E-state index contributed by atoms with van der Waals surface area (Å²) in [5, 5.41) is 2.92. The number of hydrogen-bond acceptors (Lipinski definition) is 3. The zero-order valence-corrected chi connectivity index (χ0v) is 11.3. The normalized spacial score (nSPS) is 13.1. The quantitative estimate of drug-likeness (QED) is 0.941. The van der Waals surface area contributed by atoms with Crippen LogP contribution < -0.4 is 10.9 Å². The van der Waals surface area contributed by atoms with Gasteiger partial charge in [0.05, 0.1) is 17.9 Å². The summed E-state index contributed by atoms with van der Waals surface area (Å²) in [6.07, 6.45) is -1.66. The van der Waals surface area contributed by atoms with Crippen LogP contribution in [0.2, 0.25) is 0 Å². The lowest BCUT2D eigenvalue weighted by Gasteiger charge is -2.19. The van der Waals surface area contributed by atoms with Crippen LogP contribution in [0.25, 0.3) is 0 Å². The van der Waals surface area contributed by atoms with Crippen molar-refractivity contribution in [2.75, 3.05) is 7.05 Å². The molecule has 0 fully saturated rings. The maximum Gasteiger partial charge on any atom is 0.416 e. The first-order valence-corrected chi connectivity index (χ1v) is 6.26. The predicted octanol–water partition coefficient (Wildman–Crippen LogP) is 2.22. The molecular formula is C14H14F3N3O. The number of likely N-dealkylation sites (N-methyl/N-ethyl adjacent to an activating group) is 1. The second kappa shape index (κ2) is 6.09. The lowest BCUT2D eigenvalue weighted by Crippen LogP contribution is -2.28. The molecule has 1 heterocycles. The highest BCUT2D eigenvalue weighted by molar-refractivity contribution is 5.28. The summed E-state index contributed by atoms with van der Waals surface area (Å²) in [7, 11) is 1.63. The third-order valence-corrected chi connectivity index (χ3v) is 3.14. The van der Waals surface area contributed by atoms with Crippen LogP contribution in [0.4, 0.5) is 13.2 Å². The van der Waals surface area contributed by atoms with E-state index in [1.807, 2.05) is 0 Å². The van der Waals surface area contributed by atoms with Crippen molar-refractivity contribution in [1.82, 2.24) is 14.9 Å². The van der Waals surface area contributed by atoms with Crippen LogP contribution in [0.5, 0.6) is 0 Å². The Morgan fingerprint density at radius 1 is 1.33 bits per heavy atom.